The van der Waals surface area contributed by atoms with Gasteiger partial charge in [-0.05, 0) is 80.5 Å². The second-order valence-electron chi connectivity index (χ2n) is 7.80. The first-order chi connectivity index (χ1) is 13.6. The van der Waals surface area contributed by atoms with Crippen LogP contribution in [-0.4, -0.2) is 25.1 Å². The number of hydrogen-bond acceptors (Lipinski definition) is 3. The van der Waals surface area contributed by atoms with E-state index in [9.17, 15) is 4.79 Å². The Bertz CT molecular complexity index is 755. The van der Waals surface area contributed by atoms with Crippen molar-refractivity contribution in [3.8, 4) is 5.75 Å². The van der Waals surface area contributed by atoms with Crippen LogP contribution in [0.1, 0.15) is 57.9 Å². The average molecular weight is 381 g/mol. The first-order valence-corrected chi connectivity index (χ1v) is 10.5. The molecule has 2 aromatic rings. The molecular weight excluding hydrogens is 348 g/mol. The lowest BCUT2D eigenvalue weighted by Crippen LogP contribution is -2.37. The molecule has 1 aliphatic rings. The van der Waals surface area contributed by atoms with E-state index in [1.54, 1.807) is 0 Å². The van der Waals surface area contributed by atoms with Crippen LogP contribution in [0.25, 0.3) is 0 Å². The van der Waals surface area contributed by atoms with Crippen molar-refractivity contribution in [3.05, 3.63) is 54.1 Å². The zero-order valence-electron chi connectivity index (χ0n) is 17.3. The fourth-order valence-corrected chi connectivity index (χ4v) is 3.69. The molecule has 0 spiro atoms. The van der Waals surface area contributed by atoms with Gasteiger partial charge in [0.2, 0.25) is 0 Å². The van der Waals surface area contributed by atoms with Gasteiger partial charge in [-0.25, -0.2) is 0 Å². The molecule has 1 N–H and O–H groups in total. The highest BCUT2D eigenvalue weighted by Gasteiger charge is 2.18. The molecule has 4 nitrogen and oxygen atoms in total. The number of benzene rings is 2. The molecule has 2 atom stereocenters. The summed E-state index contributed by atoms with van der Waals surface area (Å²) in [6.45, 7) is 7.78. The van der Waals surface area contributed by atoms with Crippen molar-refractivity contribution in [1.29, 1.82) is 0 Å². The highest BCUT2D eigenvalue weighted by molar-refractivity contribution is 5.92. The molecule has 150 valence electrons. The molecular formula is C24H32N2O2. The van der Waals surface area contributed by atoms with Gasteiger partial charge in [-0.3, -0.25) is 4.79 Å². The Balaban J connectivity index is 1.49. The zero-order valence-corrected chi connectivity index (χ0v) is 17.3. The van der Waals surface area contributed by atoms with E-state index in [4.69, 9.17) is 4.74 Å². The number of rotatable bonds is 7. The van der Waals surface area contributed by atoms with Crippen LogP contribution in [0.3, 0.4) is 0 Å². The first kappa shape index (κ1) is 20.2. The van der Waals surface area contributed by atoms with Crippen LogP contribution in [0, 0.1) is 0 Å². The number of hydrogen-bond donors (Lipinski definition) is 1. The molecule has 1 saturated heterocycles. The van der Waals surface area contributed by atoms with E-state index in [-0.39, 0.29) is 12.5 Å². The minimum absolute atomic E-state index is 0.00753. The number of ether oxygens (including phenoxy) is 1. The average Bonchev–Trinajstić information content (AvgIpc) is 2.73. The molecule has 0 unspecified atom stereocenters. The van der Waals surface area contributed by atoms with E-state index in [1.807, 2.05) is 24.3 Å². The molecule has 0 saturated carbocycles. The fourth-order valence-electron chi connectivity index (χ4n) is 3.69. The fraction of sp³-hybridized carbons (Fsp3) is 0.458. The Morgan fingerprint density at radius 3 is 2.50 bits per heavy atom. The molecule has 0 aromatic heterocycles. The molecule has 28 heavy (non-hydrogen) atoms. The molecule has 4 heteroatoms. The van der Waals surface area contributed by atoms with E-state index >= 15 is 0 Å². The van der Waals surface area contributed by atoms with E-state index in [1.165, 1.54) is 30.5 Å². The minimum Gasteiger partial charge on any atom is -0.484 e. The quantitative estimate of drug-likeness (QED) is 0.680. The number of piperidine rings is 1. The number of carbonyl (C=O) groups is 1. The third-order valence-corrected chi connectivity index (χ3v) is 5.72. The van der Waals surface area contributed by atoms with Gasteiger partial charge in [-0.2, -0.15) is 0 Å². The summed E-state index contributed by atoms with van der Waals surface area (Å²) in [6.07, 6.45) is 4.91. The third kappa shape index (κ3) is 5.28. The standard InChI is InChI=1S/C24H32N2O2/c1-4-18(2)20-8-14-23(15-9-20)28-17-24(27)25-21-10-12-22(13-11-21)26-16-6-5-7-19(26)3/h8-15,18-19H,4-7,16-17H2,1-3H3,(H,25,27)/t18-,19+/m1/s1. The Hall–Kier alpha value is -2.49. The predicted molar refractivity (Wildman–Crippen MR) is 116 cm³/mol. The number of nitrogens with one attached hydrogen (secondary N) is 1. The van der Waals surface area contributed by atoms with Crippen molar-refractivity contribution in [2.24, 2.45) is 0 Å². The van der Waals surface area contributed by atoms with Gasteiger partial charge in [0.15, 0.2) is 6.61 Å². The van der Waals surface area contributed by atoms with Gasteiger partial charge in [0, 0.05) is 24.0 Å². The van der Waals surface area contributed by atoms with Gasteiger partial charge in [-0.15, -0.1) is 0 Å². The lowest BCUT2D eigenvalue weighted by atomic mass is 9.99. The summed E-state index contributed by atoms with van der Waals surface area (Å²) in [5, 5.41) is 2.91. The van der Waals surface area contributed by atoms with Crippen molar-refractivity contribution in [1.82, 2.24) is 0 Å². The highest BCUT2D eigenvalue weighted by Crippen LogP contribution is 2.26. The Labute approximate surface area is 168 Å². The minimum atomic E-state index is -0.148. The normalized spacial score (nSPS) is 17.8. The molecule has 1 fully saturated rings. The summed E-state index contributed by atoms with van der Waals surface area (Å²) in [5.41, 5.74) is 3.32. The van der Waals surface area contributed by atoms with Crippen molar-refractivity contribution in [2.75, 3.05) is 23.4 Å². The molecule has 0 bridgehead atoms. The molecule has 0 radical (unpaired) electrons. The number of carbonyl (C=O) groups excluding carboxylic acids is 1. The van der Waals surface area contributed by atoms with E-state index < -0.39 is 0 Å². The van der Waals surface area contributed by atoms with Gasteiger partial charge >= 0.3 is 0 Å². The monoisotopic (exact) mass is 380 g/mol. The lowest BCUT2D eigenvalue weighted by Gasteiger charge is -2.35. The second-order valence-corrected chi connectivity index (χ2v) is 7.80. The summed E-state index contributed by atoms with van der Waals surface area (Å²) in [5.74, 6) is 1.11. The maximum absolute atomic E-state index is 12.2. The molecule has 1 aliphatic heterocycles. The van der Waals surface area contributed by atoms with Gasteiger partial charge < -0.3 is 15.0 Å². The van der Waals surface area contributed by atoms with Gasteiger partial charge in [0.05, 0.1) is 0 Å². The van der Waals surface area contributed by atoms with Gasteiger partial charge in [0.1, 0.15) is 5.75 Å². The maximum atomic E-state index is 12.2. The topological polar surface area (TPSA) is 41.6 Å². The number of nitrogens with zero attached hydrogens (tertiary/aromatic N) is 1. The Morgan fingerprint density at radius 1 is 1.14 bits per heavy atom. The first-order valence-electron chi connectivity index (χ1n) is 10.5. The van der Waals surface area contributed by atoms with Crippen LogP contribution < -0.4 is 15.0 Å². The summed E-state index contributed by atoms with van der Waals surface area (Å²) in [7, 11) is 0. The van der Waals surface area contributed by atoms with Crippen LogP contribution >= 0.6 is 0 Å². The smallest absolute Gasteiger partial charge is 0.262 e. The van der Waals surface area contributed by atoms with E-state index in [2.05, 4.69) is 55.3 Å². The lowest BCUT2D eigenvalue weighted by molar-refractivity contribution is -0.118. The molecule has 2 aromatic carbocycles. The summed E-state index contributed by atoms with van der Waals surface area (Å²) in [4.78, 5) is 14.6. The number of amides is 1. The van der Waals surface area contributed by atoms with Gasteiger partial charge in [-0.1, -0.05) is 26.0 Å². The summed E-state index contributed by atoms with van der Waals surface area (Å²) in [6, 6.07) is 16.7. The van der Waals surface area contributed by atoms with Crippen molar-refractivity contribution < 1.29 is 9.53 Å². The van der Waals surface area contributed by atoms with Crippen molar-refractivity contribution in [2.45, 2.75) is 58.4 Å². The Morgan fingerprint density at radius 2 is 1.86 bits per heavy atom. The second kappa shape index (κ2) is 9.63. The maximum Gasteiger partial charge on any atom is 0.262 e. The number of anilines is 2. The highest BCUT2D eigenvalue weighted by atomic mass is 16.5. The third-order valence-electron chi connectivity index (χ3n) is 5.72. The van der Waals surface area contributed by atoms with Gasteiger partial charge in [0.25, 0.3) is 5.91 Å². The molecule has 1 heterocycles. The SMILES string of the molecule is CC[C@@H](C)c1ccc(OCC(=O)Nc2ccc(N3CCCC[C@@H]3C)cc2)cc1. The summed E-state index contributed by atoms with van der Waals surface area (Å²) < 4.78 is 5.62. The molecule has 0 aliphatic carbocycles. The summed E-state index contributed by atoms with van der Waals surface area (Å²) >= 11 is 0. The van der Waals surface area contributed by atoms with Crippen LogP contribution in [0.5, 0.6) is 5.75 Å². The van der Waals surface area contributed by atoms with Crippen LogP contribution in [0.2, 0.25) is 0 Å². The van der Waals surface area contributed by atoms with E-state index in [0.29, 0.717) is 12.0 Å². The van der Waals surface area contributed by atoms with Crippen LogP contribution in [-0.2, 0) is 4.79 Å². The van der Waals surface area contributed by atoms with Crippen molar-refractivity contribution >= 4 is 17.3 Å². The Kier molecular flexibility index (Phi) is 6.96. The largest absolute Gasteiger partial charge is 0.484 e. The van der Waals surface area contributed by atoms with Crippen LogP contribution in [0.4, 0.5) is 11.4 Å². The predicted octanol–water partition coefficient (Wildman–Crippen LogP) is 5.60. The van der Waals surface area contributed by atoms with Crippen molar-refractivity contribution in [3.63, 3.8) is 0 Å². The van der Waals surface area contributed by atoms with Crippen LogP contribution in [0.15, 0.2) is 48.5 Å². The molecule has 1 amide bonds. The van der Waals surface area contributed by atoms with E-state index in [0.717, 1.165) is 24.4 Å². The molecule has 3 rings (SSSR count). The zero-order chi connectivity index (χ0) is 19.9.